The van der Waals surface area contributed by atoms with Gasteiger partial charge in [0.1, 0.15) is 11.7 Å². The van der Waals surface area contributed by atoms with Crippen molar-refractivity contribution in [2.45, 2.75) is 18.9 Å². The molecule has 2 aromatic rings. The van der Waals surface area contributed by atoms with Gasteiger partial charge in [-0.3, -0.25) is 9.59 Å². The molecule has 2 amide bonds. The predicted molar refractivity (Wildman–Crippen MR) is 80.0 cm³/mol. The van der Waals surface area contributed by atoms with Gasteiger partial charge in [0.05, 0.1) is 10.5 Å². The summed E-state index contributed by atoms with van der Waals surface area (Å²) in [5.41, 5.74) is 6.24. The third kappa shape index (κ3) is 2.45. The van der Waals surface area contributed by atoms with E-state index in [9.17, 15) is 9.59 Å². The molecule has 1 aromatic heterocycles. The molecule has 1 saturated heterocycles. The Morgan fingerprint density at radius 3 is 2.86 bits per heavy atom. The molecule has 1 unspecified atom stereocenters. The van der Waals surface area contributed by atoms with Crippen LogP contribution in [0.1, 0.15) is 23.3 Å². The van der Waals surface area contributed by atoms with E-state index in [0.29, 0.717) is 23.5 Å². The molecule has 0 aliphatic carbocycles. The average molecular weight is 304 g/mol. The molecule has 1 aliphatic heterocycles. The second-order valence-electron chi connectivity index (χ2n) is 5.07. The van der Waals surface area contributed by atoms with Gasteiger partial charge in [0.25, 0.3) is 5.91 Å². The molecule has 0 radical (unpaired) electrons. The van der Waals surface area contributed by atoms with Crippen molar-refractivity contribution in [1.29, 1.82) is 0 Å². The second kappa shape index (κ2) is 5.33. The number of nitrogens with zero attached hydrogens (tertiary/aromatic N) is 2. The van der Waals surface area contributed by atoms with E-state index in [1.165, 1.54) is 4.90 Å². The fourth-order valence-electron chi connectivity index (χ4n) is 2.70. The minimum absolute atomic E-state index is 0.242. The van der Waals surface area contributed by atoms with Crippen molar-refractivity contribution in [3.8, 4) is 0 Å². The number of rotatable bonds is 2. The molecular weight excluding hydrogens is 290 g/mol. The summed E-state index contributed by atoms with van der Waals surface area (Å²) >= 11 is 6.21. The number of hydrogen-bond acceptors (Lipinski definition) is 3. The van der Waals surface area contributed by atoms with Crippen molar-refractivity contribution in [2.75, 3.05) is 6.54 Å². The molecule has 6 heteroatoms. The summed E-state index contributed by atoms with van der Waals surface area (Å²) in [6.07, 6.45) is 1.36. The van der Waals surface area contributed by atoms with E-state index in [1.54, 1.807) is 12.1 Å². The van der Waals surface area contributed by atoms with E-state index < -0.39 is 11.9 Å². The number of aromatic nitrogens is 1. The summed E-state index contributed by atoms with van der Waals surface area (Å²) in [6.45, 7) is 0.512. The molecular formula is C15H14ClN3O2. The lowest BCUT2D eigenvalue weighted by molar-refractivity contribution is -0.121. The zero-order valence-electron chi connectivity index (χ0n) is 11.3. The summed E-state index contributed by atoms with van der Waals surface area (Å²) in [5.74, 6) is -0.781. The highest BCUT2D eigenvalue weighted by Gasteiger charge is 2.33. The Bertz CT molecular complexity index is 732. The van der Waals surface area contributed by atoms with Crippen LogP contribution in [0.15, 0.2) is 30.3 Å². The number of amides is 2. The maximum atomic E-state index is 12.6. The number of fused-ring (bicyclic) bond motifs is 1. The molecule has 0 saturated carbocycles. The standard InChI is InChI=1S/C15H14ClN3O2/c16-10-8-12(18-11-5-2-1-4-9(10)11)15(21)19-7-3-6-13(19)14(17)20/h1-2,4-5,8,13H,3,6-7H2,(H2,17,20). The SMILES string of the molecule is NC(=O)C1CCCN1C(=O)c1cc(Cl)c2ccccc2n1. The molecule has 108 valence electrons. The molecule has 1 aliphatic rings. The van der Waals surface area contributed by atoms with Gasteiger partial charge in [0.2, 0.25) is 5.91 Å². The summed E-state index contributed by atoms with van der Waals surface area (Å²) < 4.78 is 0. The number of likely N-dealkylation sites (tertiary alicyclic amines) is 1. The maximum absolute atomic E-state index is 12.6. The number of pyridine rings is 1. The highest BCUT2D eigenvalue weighted by atomic mass is 35.5. The largest absolute Gasteiger partial charge is 0.368 e. The van der Waals surface area contributed by atoms with Gasteiger partial charge < -0.3 is 10.6 Å². The summed E-state index contributed by atoms with van der Waals surface area (Å²) in [4.78, 5) is 29.8. The topological polar surface area (TPSA) is 76.3 Å². The van der Waals surface area contributed by atoms with Crippen LogP contribution < -0.4 is 5.73 Å². The van der Waals surface area contributed by atoms with Crippen molar-refractivity contribution in [3.63, 3.8) is 0 Å². The number of carbonyl (C=O) groups excluding carboxylic acids is 2. The summed E-state index contributed by atoms with van der Waals surface area (Å²) in [5, 5.41) is 1.27. The van der Waals surface area contributed by atoms with Crippen LogP contribution in [-0.4, -0.2) is 34.3 Å². The van der Waals surface area contributed by atoms with Gasteiger partial charge in [-0.15, -0.1) is 0 Å². The highest BCUT2D eigenvalue weighted by Crippen LogP contribution is 2.25. The van der Waals surface area contributed by atoms with Gasteiger partial charge in [0.15, 0.2) is 0 Å². The molecule has 5 nitrogen and oxygen atoms in total. The van der Waals surface area contributed by atoms with Gasteiger partial charge in [-0.1, -0.05) is 29.8 Å². The third-order valence-electron chi connectivity index (χ3n) is 3.73. The zero-order valence-corrected chi connectivity index (χ0v) is 12.0. The van der Waals surface area contributed by atoms with Crippen LogP contribution in [0, 0.1) is 0 Å². The summed E-state index contributed by atoms with van der Waals surface area (Å²) in [6, 6.07) is 8.34. The molecule has 2 heterocycles. The van der Waals surface area contributed by atoms with Crippen molar-refractivity contribution < 1.29 is 9.59 Å². The van der Waals surface area contributed by atoms with E-state index in [4.69, 9.17) is 17.3 Å². The number of primary amides is 1. The normalized spacial score (nSPS) is 18.1. The molecule has 2 N–H and O–H groups in total. The number of nitrogens with two attached hydrogens (primary N) is 1. The van der Waals surface area contributed by atoms with Crippen LogP contribution in [-0.2, 0) is 4.79 Å². The van der Waals surface area contributed by atoms with Gasteiger partial charge in [-0.25, -0.2) is 4.98 Å². The van der Waals surface area contributed by atoms with Crippen molar-refractivity contribution in [1.82, 2.24) is 9.88 Å². The second-order valence-corrected chi connectivity index (χ2v) is 5.47. The smallest absolute Gasteiger partial charge is 0.273 e. The monoisotopic (exact) mass is 303 g/mol. The molecule has 21 heavy (non-hydrogen) atoms. The van der Waals surface area contributed by atoms with Gasteiger partial charge >= 0.3 is 0 Å². The molecule has 1 atom stereocenters. The molecule has 3 rings (SSSR count). The fraction of sp³-hybridized carbons (Fsp3) is 0.267. The van der Waals surface area contributed by atoms with Crippen molar-refractivity contribution in [3.05, 3.63) is 41.0 Å². The first-order valence-corrected chi connectivity index (χ1v) is 7.11. The van der Waals surface area contributed by atoms with Crippen molar-refractivity contribution in [2.24, 2.45) is 5.73 Å². The molecule has 1 aromatic carbocycles. The van der Waals surface area contributed by atoms with E-state index in [1.807, 2.05) is 18.2 Å². The number of halogens is 1. The quantitative estimate of drug-likeness (QED) is 0.921. The summed E-state index contributed by atoms with van der Waals surface area (Å²) in [7, 11) is 0. The number of para-hydroxylation sites is 1. The maximum Gasteiger partial charge on any atom is 0.273 e. The van der Waals surface area contributed by atoms with Gasteiger partial charge in [0, 0.05) is 11.9 Å². The van der Waals surface area contributed by atoms with Crippen molar-refractivity contribution >= 4 is 34.3 Å². The lowest BCUT2D eigenvalue weighted by Crippen LogP contribution is -2.43. The number of benzene rings is 1. The van der Waals surface area contributed by atoms with Crippen LogP contribution in [0.2, 0.25) is 5.02 Å². The lowest BCUT2D eigenvalue weighted by atomic mass is 10.1. The molecule has 0 spiro atoms. The first-order valence-electron chi connectivity index (χ1n) is 6.73. The van der Waals surface area contributed by atoms with E-state index in [-0.39, 0.29) is 11.6 Å². The lowest BCUT2D eigenvalue weighted by Gasteiger charge is -2.21. The number of carbonyl (C=O) groups is 2. The van der Waals surface area contributed by atoms with E-state index in [0.717, 1.165) is 11.8 Å². The Balaban J connectivity index is 2.00. The van der Waals surface area contributed by atoms with E-state index in [2.05, 4.69) is 4.98 Å². The predicted octanol–water partition coefficient (Wildman–Crippen LogP) is 1.98. The highest BCUT2D eigenvalue weighted by molar-refractivity contribution is 6.35. The Hall–Kier alpha value is -2.14. The first kappa shape index (κ1) is 13.8. The third-order valence-corrected chi connectivity index (χ3v) is 4.04. The van der Waals surface area contributed by atoms with Crippen LogP contribution in [0.4, 0.5) is 0 Å². The zero-order chi connectivity index (χ0) is 15.0. The van der Waals surface area contributed by atoms with E-state index >= 15 is 0 Å². The van der Waals surface area contributed by atoms with Crippen LogP contribution in [0.25, 0.3) is 10.9 Å². The molecule has 0 bridgehead atoms. The van der Waals surface area contributed by atoms with Gasteiger partial charge in [-0.2, -0.15) is 0 Å². The Morgan fingerprint density at radius 2 is 2.10 bits per heavy atom. The fourth-order valence-corrected chi connectivity index (χ4v) is 2.96. The van der Waals surface area contributed by atoms with Crippen LogP contribution in [0.3, 0.4) is 0 Å². The Morgan fingerprint density at radius 1 is 1.33 bits per heavy atom. The number of hydrogen-bond donors (Lipinski definition) is 1. The Labute approximate surface area is 126 Å². The minimum Gasteiger partial charge on any atom is -0.368 e. The Kier molecular flexibility index (Phi) is 3.51. The van der Waals surface area contributed by atoms with Crippen LogP contribution >= 0.6 is 11.6 Å². The minimum atomic E-state index is -0.551. The molecule has 1 fully saturated rings. The van der Waals surface area contributed by atoms with Gasteiger partial charge in [-0.05, 0) is 25.0 Å². The average Bonchev–Trinajstić information content (AvgIpc) is 2.96. The van der Waals surface area contributed by atoms with Crippen LogP contribution in [0.5, 0.6) is 0 Å². The first-order chi connectivity index (χ1) is 10.1.